The third-order valence-corrected chi connectivity index (χ3v) is 4.85. The highest BCUT2D eigenvalue weighted by Gasteiger charge is 2.21. The van der Waals surface area contributed by atoms with Gasteiger partial charge >= 0.3 is 11.8 Å². The summed E-state index contributed by atoms with van der Waals surface area (Å²) in [5, 5.41) is 7.93. The summed E-state index contributed by atoms with van der Waals surface area (Å²) in [6.45, 7) is 3.70. The molecule has 2 heterocycles. The van der Waals surface area contributed by atoms with E-state index < -0.39 is 11.8 Å². The number of nitrogens with one attached hydrogen (secondary N) is 3. The van der Waals surface area contributed by atoms with Crippen LogP contribution >= 0.6 is 0 Å². The average Bonchev–Trinajstić information content (AvgIpc) is 2.74. The van der Waals surface area contributed by atoms with Crippen LogP contribution in [0.2, 0.25) is 0 Å². The Bertz CT molecular complexity index is 846. The van der Waals surface area contributed by atoms with Crippen LogP contribution in [-0.2, 0) is 14.4 Å². The van der Waals surface area contributed by atoms with E-state index in [1.165, 1.54) is 6.92 Å². The Hall–Kier alpha value is -3.42. The van der Waals surface area contributed by atoms with Crippen LogP contribution in [0.3, 0.4) is 0 Å². The molecule has 152 valence electrons. The molecule has 1 aromatic carbocycles. The molecule has 8 heteroatoms. The van der Waals surface area contributed by atoms with Gasteiger partial charge in [0.2, 0.25) is 5.91 Å². The zero-order valence-corrected chi connectivity index (χ0v) is 16.4. The number of piperidine rings is 1. The van der Waals surface area contributed by atoms with Gasteiger partial charge in [-0.25, -0.2) is 0 Å². The second kappa shape index (κ2) is 9.68. The predicted molar refractivity (Wildman–Crippen MR) is 112 cm³/mol. The number of benzene rings is 1. The lowest BCUT2D eigenvalue weighted by Crippen LogP contribution is -2.41. The van der Waals surface area contributed by atoms with Gasteiger partial charge in [0.1, 0.15) is 0 Å². The summed E-state index contributed by atoms with van der Waals surface area (Å²) >= 11 is 0. The summed E-state index contributed by atoms with van der Waals surface area (Å²) in [5.74, 6) is -1.18. The van der Waals surface area contributed by atoms with Gasteiger partial charge in [0.05, 0.1) is 11.9 Å². The number of carbonyl (C=O) groups excluding carboxylic acids is 3. The second-order valence-corrected chi connectivity index (χ2v) is 7.06. The van der Waals surface area contributed by atoms with Gasteiger partial charge in [-0.3, -0.25) is 19.4 Å². The van der Waals surface area contributed by atoms with Crippen molar-refractivity contribution in [3.63, 3.8) is 0 Å². The van der Waals surface area contributed by atoms with E-state index in [0.717, 1.165) is 31.6 Å². The summed E-state index contributed by atoms with van der Waals surface area (Å²) in [6.07, 6.45) is 5.51. The molecule has 1 aliphatic rings. The van der Waals surface area contributed by atoms with Crippen molar-refractivity contribution in [2.24, 2.45) is 5.92 Å². The molecule has 0 spiro atoms. The molecule has 3 amide bonds. The van der Waals surface area contributed by atoms with Crippen molar-refractivity contribution < 1.29 is 14.4 Å². The van der Waals surface area contributed by atoms with E-state index in [4.69, 9.17) is 0 Å². The maximum Gasteiger partial charge on any atom is 0.313 e. The quantitative estimate of drug-likeness (QED) is 0.672. The van der Waals surface area contributed by atoms with Crippen LogP contribution in [0.5, 0.6) is 0 Å². The van der Waals surface area contributed by atoms with Crippen LogP contribution in [0, 0.1) is 5.92 Å². The number of amides is 3. The smallest absolute Gasteiger partial charge is 0.313 e. The first-order valence-corrected chi connectivity index (χ1v) is 9.63. The molecule has 1 fully saturated rings. The topological polar surface area (TPSA) is 103 Å². The molecule has 2 aromatic rings. The largest absolute Gasteiger partial charge is 0.370 e. The van der Waals surface area contributed by atoms with Crippen LogP contribution in [0.1, 0.15) is 19.8 Å². The van der Waals surface area contributed by atoms with Crippen molar-refractivity contribution in [3.05, 3.63) is 48.8 Å². The number of nitrogens with zero attached hydrogens (tertiary/aromatic N) is 2. The lowest BCUT2D eigenvalue weighted by Gasteiger charge is -2.33. The van der Waals surface area contributed by atoms with Gasteiger partial charge in [-0.05, 0) is 55.2 Å². The number of hydrogen-bond acceptors (Lipinski definition) is 5. The molecule has 1 saturated heterocycles. The SMILES string of the molecule is CC(=O)Nc1ccc(NC(=O)C(=O)NCC2CCN(c3cccnc3)CC2)cc1. The molecule has 0 unspecified atom stereocenters. The molecule has 29 heavy (non-hydrogen) atoms. The highest BCUT2D eigenvalue weighted by Crippen LogP contribution is 2.22. The van der Waals surface area contributed by atoms with E-state index >= 15 is 0 Å². The third-order valence-electron chi connectivity index (χ3n) is 4.85. The zero-order chi connectivity index (χ0) is 20.6. The lowest BCUT2D eigenvalue weighted by molar-refractivity contribution is -0.136. The fourth-order valence-electron chi connectivity index (χ4n) is 3.28. The van der Waals surface area contributed by atoms with E-state index in [0.29, 0.717) is 23.8 Å². The molecule has 0 bridgehead atoms. The Morgan fingerprint density at radius 1 is 1.00 bits per heavy atom. The number of aromatic nitrogens is 1. The fraction of sp³-hybridized carbons (Fsp3) is 0.333. The minimum atomic E-state index is -0.704. The van der Waals surface area contributed by atoms with Gasteiger partial charge in [-0.2, -0.15) is 0 Å². The van der Waals surface area contributed by atoms with E-state index in [-0.39, 0.29) is 5.91 Å². The summed E-state index contributed by atoms with van der Waals surface area (Å²) < 4.78 is 0. The Kier molecular flexibility index (Phi) is 6.78. The molecular formula is C21H25N5O3. The maximum absolute atomic E-state index is 12.1. The van der Waals surface area contributed by atoms with Gasteiger partial charge in [0, 0.05) is 44.1 Å². The van der Waals surface area contributed by atoms with Gasteiger partial charge in [0.25, 0.3) is 0 Å². The van der Waals surface area contributed by atoms with Crippen molar-refractivity contribution in [3.8, 4) is 0 Å². The Labute approximate surface area is 169 Å². The van der Waals surface area contributed by atoms with Gasteiger partial charge in [-0.15, -0.1) is 0 Å². The van der Waals surface area contributed by atoms with Crippen molar-refractivity contribution in [1.82, 2.24) is 10.3 Å². The van der Waals surface area contributed by atoms with Gasteiger partial charge in [-0.1, -0.05) is 0 Å². The first-order valence-electron chi connectivity index (χ1n) is 9.63. The highest BCUT2D eigenvalue weighted by atomic mass is 16.2. The molecule has 1 aliphatic heterocycles. The first kappa shape index (κ1) is 20.3. The number of pyridine rings is 1. The van der Waals surface area contributed by atoms with Crippen LogP contribution in [0.25, 0.3) is 0 Å². The molecule has 3 rings (SSSR count). The normalized spacial score (nSPS) is 14.2. The van der Waals surface area contributed by atoms with Crippen LogP contribution in [0.4, 0.5) is 17.1 Å². The van der Waals surface area contributed by atoms with Gasteiger partial charge < -0.3 is 20.9 Å². The molecule has 8 nitrogen and oxygen atoms in total. The van der Waals surface area contributed by atoms with Crippen molar-refractivity contribution >= 4 is 34.8 Å². The summed E-state index contributed by atoms with van der Waals surface area (Å²) in [4.78, 5) is 41.6. The number of hydrogen-bond donors (Lipinski definition) is 3. The minimum absolute atomic E-state index is 0.174. The minimum Gasteiger partial charge on any atom is -0.370 e. The van der Waals surface area contributed by atoms with Crippen molar-refractivity contribution in [1.29, 1.82) is 0 Å². The highest BCUT2D eigenvalue weighted by molar-refractivity contribution is 6.39. The number of anilines is 3. The standard InChI is InChI=1S/C21H25N5O3/c1-15(27)24-17-4-6-18(7-5-17)25-21(29)20(28)23-13-16-8-11-26(12-9-16)19-3-2-10-22-14-19/h2-7,10,14,16H,8-9,11-13H2,1H3,(H,23,28)(H,24,27)(H,25,29). The molecular weight excluding hydrogens is 370 g/mol. The average molecular weight is 395 g/mol. The summed E-state index contributed by atoms with van der Waals surface area (Å²) in [6, 6.07) is 10.5. The number of carbonyl (C=O) groups is 3. The lowest BCUT2D eigenvalue weighted by atomic mass is 9.96. The maximum atomic E-state index is 12.1. The van der Waals surface area contributed by atoms with Crippen molar-refractivity contribution in [2.75, 3.05) is 35.2 Å². The van der Waals surface area contributed by atoms with E-state index in [2.05, 4.69) is 25.8 Å². The molecule has 0 radical (unpaired) electrons. The molecule has 1 aromatic heterocycles. The van der Waals surface area contributed by atoms with E-state index in [9.17, 15) is 14.4 Å². The summed E-state index contributed by atoms with van der Waals surface area (Å²) in [5.41, 5.74) is 2.22. The third kappa shape index (κ3) is 6.03. The molecule has 0 saturated carbocycles. The van der Waals surface area contributed by atoms with Crippen LogP contribution < -0.4 is 20.9 Å². The first-order chi connectivity index (χ1) is 14.0. The molecule has 0 aliphatic carbocycles. The summed E-state index contributed by atoms with van der Waals surface area (Å²) in [7, 11) is 0. The van der Waals surface area contributed by atoms with Crippen LogP contribution in [-0.4, -0.2) is 42.3 Å². The Morgan fingerprint density at radius 3 is 2.24 bits per heavy atom. The predicted octanol–water partition coefficient (Wildman–Crippen LogP) is 2.01. The van der Waals surface area contributed by atoms with E-state index in [1.807, 2.05) is 18.3 Å². The zero-order valence-electron chi connectivity index (χ0n) is 16.4. The molecule has 0 atom stereocenters. The fourth-order valence-corrected chi connectivity index (χ4v) is 3.28. The Morgan fingerprint density at radius 2 is 1.66 bits per heavy atom. The van der Waals surface area contributed by atoms with E-state index in [1.54, 1.807) is 30.5 Å². The molecule has 3 N–H and O–H groups in total. The van der Waals surface area contributed by atoms with Gasteiger partial charge in [0.15, 0.2) is 0 Å². The Balaban J connectivity index is 1.40. The monoisotopic (exact) mass is 395 g/mol. The van der Waals surface area contributed by atoms with Crippen molar-refractivity contribution in [2.45, 2.75) is 19.8 Å². The van der Waals surface area contributed by atoms with Crippen LogP contribution in [0.15, 0.2) is 48.8 Å². The number of rotatable bonds is 5. The second-order valence-electron chi connectivity index (χ2n) is 7.06.